The van der Waals surface area contributed by atoms with Crippen LogP contribution in [0, 0.1) is 10.1 Å². The molecule has 0 saturated carbocycles. The molecule has 1 amide bonds. The quantitative estimate of drug-likeness (QED) is 0.493. The molecular weight excluding hydrogens is 425 g/mol. The van der Waals surface area contributed by atoms with Crippen molar-refractivity contribution in [3.05, 3.63) is 15.8 Å². The number of carbonyl (C=O) groups excluding carboxylic acids is 1. The number of nitro groups is 1. The van der Waals surface area contributed by atoms with Crippen molar-refractivity contribution >= 4 is 11.8 Å². The van der Waals surface area contributed by atoms with Crippen molar-refractivity contribution in [2.24, 2.45) is 0 Å². The molecule has 1 unspecified atom stereocenters. The minimum Gasteiger partial charge on any atom is -0.472 e. The molecule has 1 aromatic heterocycles. The van der Waals surface area contributed by atoms with E-state index in [1.807, 2.05) is 0 Å². The van der Waals surface area contributed by atoms with Gasteiger partial charge in [-0.1, -0.05) is 0 Å². The number of nitrogens with one attached hydrogen (secondary N) is 1. The van der Waals surface area contributed by atoms with Gasteiger partial charge in [-0.25, -0.2) is 9.48 Å². The number of hydrogen-bond donors (Lipinski definition) is 1. The van der Waals surface area contributed by atoms with Crippen molar-refractivity contribution in [1.29, 1.82) is 0 Å². The lowest BCUT2D eigenvalue weighted by molar-refractivity contribution is -0.389. The van der Waals surface area contributed by atoms with Gasteiger partial charge in [0.05, 0.1) is 17.6 Å². The van der Waals surface area contributed by atoms with Gasteiger partial charge in [-0.05, 0) is 40.5 Å². The molecular formula is C18H27F3N4O6. The molecule has 1 atom stereocenters. The molecule has 31 heavy (non-hydrogen) atoms. The van der Waals surface area contributed by atoms with Crippen LogP contribution in [0.3, 0.4) is 0 Å². The number of rotatable bonds is 7. The summed E-state index contributed by atoms with van der Waals surface area (Å²) in [4.78, 5) is 22.1. The van der Waals surface area contributed by atoms with Gasteiger partial charge in [0.1, 0.15) is 5.60 Å². The lowest BCUT2D eigenvalue weighted by atomic mass is 10.1. The summed E-state index contributed by atoms with van der Waals surface area (Å²) in [6.07, 6.45) is -4.98. The van der Waals surface area contributed by atoms with Crippen LogP contribution < -0.4 is 10.1 Å². The second-order valence-corrected chi connectivity index (χ2v) is 8.23. The van der Waals surface area contributed by atoms with Gasteiger partial charge in [0.15, 0.2) is 0 Å². The topological polar surface area (TPSA) is 118 Å². The number of halogens is 3. The fourth-order valence-electron chi connectivity index (χ4n) is 3.04. The summed E-state index contributed by atoms with van der Waals surface area (Å²) in [5.74, 6) is -0.701. The van der Waals surface area contributed by atoms with E-state index in [-0.39, 0.29) is 39.1 Å². The predicted octanol–water partition coefficient (Wildman–Crippen LogP) is 3.84. The Kier molecular flexibility index (Phi) is 7.73. The highest BCUT2D eigenvalue weighted by molar-refractivity contribution is 5.68. The lowest BCUT2D eigenvalue weighted by Crippen LogP contribution is -2.38. The Labute approximate surface area is 177 Å². The van der Waals surface area contributed by atoms with Crippen molar-refractivity contribution in [2.75, 3.05) is 19.8 Å². The van der Waals surface area contributed by atoms with E-state index in [1.54, 1.807) is 27.7 Å². The molecule has 0 spiro atoms. The zero-order valence-electron chi connectivity index (χ0n) is 17.8. The molecule has 0 bridgehead atoms. The van der Waals surface area contributed by atoms with Crippen molar-refractivity contribution in [1.82, 2.24) is 15.1 Å². The first kappa shape index (κ1) is 24.7. The average molecular weight is 452 g/mol. The van der Waals surface area contributed by atoms with E-state index in [0.29, 0.717) is 4.68 Å². The summed E-state index contributed by atoms with van der Waals surface area (Å²) >= 11 is 0. The second-order valence-electron chi connectivity index (χ2n) is 8.23. The molecule has 1 saturated heterocycles. The summed E-state index contributed by atoms with van der Waals surface area (Å²) in [5, 5.41) is 17.8. The molecule has 2 rings (SSSR count). The number of alkyl halides is 3. The zero-order chi connectivity index (χ0) is 23.4. The van der Waals surface area contributed by atoms with Crippen molar-refractivity contribution in [3.8, 4) is 5.88 Å². The van der Waals surface area contributed by atoms with Gasteiger partial charge in [-0.15, -0.1) is 5.10 Å². The first-order chi connectivity index (χ1) is 14.3. The smallest absolute Gasteiger partial charge is 0.440 e. The molecule has 0 aromatic carbocycles. The summed E-state index contributed by atoms with van der Waals surface area (Å²) in [5.41, 5.74) is -3.35. The highest BCUT2D eigenvalue weighted by Crippen LogP contribution is 2.43. The Balaban J connectivity index is 2.14. The van der Waals surface area contributed by atoms with Crippen LogP contribution in [0.25, 0.3) is 0 Å². The monoisotopic (exact) mass is 452 g/mol. The zero-order valence-corrected chi connectivity index (χ0v) is 17.8. The van der Waals surface area contributed by atoms with E-state index in [9.17, 15) is 28.1 Å². The third-order valence-corrected chi connectivity index (χ3v) is 4.40. The third kappa shape index (κ3) is 6.97. The molecule has 0 radical (unpaired) electrons. The van der Waals surface area contributed by atoms with E-state index < -0.39 is 52.1 Å². The highest BCUT2D eigenvalue weighted by Gasteiger charge is 2.48. The number of ether oxygens (including phenoxy) is 3. The van der Waals surface area contributed by atoms with E-state index in [2.05, 4.69) is 10.4 Å². The molecule has 13 heteroatoms. The van der Waals surface area contributed by atoms with Crippen LogP contribution in [0.2, 0.25) is 0 Å². The van der Waals surface area contributed by atoms with Gasteiger partial charge >= 0.3 is 23.8 Å². The Morgan fingerprint density at radius 3 is 2.48 bits per heavy atom. The first-order valence-electron chi connectivity index (χ1n) is 9.83. The predicted molar refractivity (Wildman–Crippen MR) is 102 cm³/mol. The minimum atomic E-state index is -4.99. The van der Waals surface area contributed by atoms with Gasteiger partial charge in [0, 0.05) is 25.7 Å². The standard InChI is InChI=1S/C18H27F3N4O6/c1-11(22-16(26)31-17(2,3)4)5-10-30-15-13(25(27)28)14(18(19,20)21)24(23-15)12-6-8-29-9-7-12/h11-12H,5-10H2,1-4H3,(H,22,26). The molecule has 1 aromatic rings. The van der Waals surface area contributed by atoms with E-state index in [1.165, 1.54) is 0 Å². The van der Waals surface area contributed by atoms with Crippen LogP contribution >= 0.6 is 0 Å². The molecule has 10 nitrogen and oxygen atoms in total. The molecule has 0 aliphatic carbocycles. The third-order valence-electron chi connectivity index (χ3n) is 4.40. The van der Waals surface area contributed by atoms with Gasteiger partial charge in [0.25, 0.3) is 0 Å². The number of hydrogen-bond acceptors (Lipinski definition) is 7. The Bertz CT molecular complexity index is 784. The minimum absolute atomic E-state index is 0.169. The van der Waals surface area contributed by atoms with Crippen LogP contribution in [0.15, 0.2) is 0 Å². The molecule has 176 valence electrons. The lowest BCUT2D eigenvalue weighted by Gasteiger charge is -2.24. The van der Waals surface area contributed by atoms with Gasteiger partial charge in [-0.2, -0.15) is 13.2 Å². The van der Waals surface area contributed by atoms with Crippen molar-refractivity contribution < 1.29 is 37.1 Å². The SMILES string of the molecule is CC(CCOc1nn(C2CCOCC2)c(C(F)(F)F)c1[N+](=O)[O-])NC(=O)OC(C)(C)C. The van der Waals surface area contributed by atoms with E-state index >= 15 is 0 Å². The highest BCUT2D eigenvalue weighted by atomic mass is 19.4. The largest absolute Gasteiger partial charge is 0.472 e. The summed E-state index contributed by atoms with van der Waals surface area (Å²) in [7, 11) is 0. The van der Waals surface area contributed by atoms with Gasteiger partial charge < -0.3 is 19.5 Å². The normalized spacial score (nSPS) is 16.6. The molecule has 1 fully saturated rings. The first-order valence-corrected chi connectivity index (χ1v) is 9.83. The Morgan fingerprint density at radius 1 is 1.35 bits per heavy atom. The number of nitrogens with zero attached hydrogens (tertiary/aromatic N) is 3. The summed E-state index contributed by atoms with van der Waals surface area (Å²) in [6.45, 7) is 7.02. The summed E-state index contributed by atoms with van der Waals surface area (Å²) < 4.78 is 57.1. The van der Waals surface area contributed by atoms with Gasteiger partial charge in [0.2, 0.25) is 5.69 Å². The van der Waals surface area contributed by atoms with Crippen molar-refractivity contribution in [3.63, 3.8) is 0 Å². The molecule has 2 heterocycles. The van der Waals surface area contributed by atoms with E-state index in [0.717, 1.165) is 0 Å². The maximum absolute atomic E-state index is 13.7. The number of carbonyl (C=O) groups is 1. The summed E-state index contributed by atoms with van der Waals surface area (Å²) in [6, 6.07) is -1.14. The number of amides is 1. The molecule has 1 aliphatic rings. The second kappa shape index (κ2) is 9.71. The van der Waals surface area contributed by atoms with Crippen LogP contribution in [0.4, 0.5) is 23.7 Å². The van der Waals surface area contributed by atoms with Crippen LogP contribution in [-0.4, -0.2) is 52.3 Å². The maximum Gasteiger partial charge on any atom is 0.440 e. The van der Waals surface area contributed by atoms with Crippen molar-refractivity contribution in [2.45, 2.75) is 70.8 Å². The van der Waals surface area contributed by atoms with E-state index in [4.69, 9.17) is 14.2 Å². The van der Waals surface area contributed by atoms with Crippen LogP contribution in [0.1, 0.15) is 58.7 Å². The average Bonchev–Trinajstić information content (AvgIpc) is 3.01. The Morgan fingerprint density at radius 2 is 1.97 bits per heavy atom. The number of aromatic nitrogens is 2. The van der Waals surface area contributed by atoms with Crippen LogP contribution in [-0.2, 0) is 15.7 Å². The van der Waals surface area contributed by atoms with Crippen LogP contribution in [0.5, 0.6) is 5.88 Å². The molecule has 1 aliphatic heterocycles. The van der Waals surface area contributed by atoms with Gasteiger partial charge in [-0.3, -0.25) is 10.1 Å². The number of alkyl carbamates (subject to hydrolysis) is 1. The maximum atomic E-state index is 13.7. The fraction of sp³-hybridized carbons (Fsp3) is 0.778. The molecule has 1 N–H and O–H groups in total. The fourth-order valence-corrected chi connectivity index (χ4v) is 3.04. The Hall–Kier alpha value is -2.57.